The van der Waals surface area contributed by atoms with Gasteiger partial charge >= 0.3 is 0 Å². The lowest BCUT2D eigenvalue weighted by Crippen LogP contribution is -2.49. The van der Waals surface area contributed by atoms with Crippen molar-refractivity contribution < 1.29 is 4.79 Å². The van der Waals surface area contributed by atoms with E-state index in [2.05, 4.69) is 15.5 Å². The van der Waals surface area contributed by atoms with Crippen LogP contribution in [0.3, 0.4) is 0 Å². The van der Waals surface area contributed by atoms with Gasteiger partial charge in [-0.3, -0.25) is 9.89 Å². The molecule has 0 aliphatic heterocycles. The first-order valence-electron chi connectivity index (χ1n) is 6.73. The molecule has 5 nitrogen and oxygen atoms in total. The molecule has 1 aliphatic rings. The molecular weight excluding hydrogens is 240 g/mol. The largest absolute Gasteiger partial charge is 0.348 e. The first kappa shape index (κ1) is 12.2. The van der Waals surface area contributed by atoms with Crippen LogP contribution in [0.2, 0.25) is 0 Å². The second-order valence-electron chi connectivity index (χ2n) is 5.20. The molecule has 1 fully saturated rings. The number of nitrogens with one attached hydrogen (secondary N) is 2. The van der Waals surface area contributed by atoms with E-state index in [9.17, 15) is 4.79 Å². The van der Waals surface area contributed by atoms with Gasteiger partial charge in [-0.15, -0.1) is 0 Å². The van der Waals surface area contributed by atoms with E-state index in [0.717, 1.165) is 36.6 Å². The third kappa shape index (κ3) is 2.46. The van der Waals surface area contributed by atoms with Crippen molar-refractivity contribution in [2.24, 2.45) is 5.73 Å². The van der Waals surface area contributed by atoms with Gasteiger partial charge in [0, 0.05) is 23.0 Å². The van der Waals surface area contributed by atoms with Gasteiger partial charge in [0.1, 0.15) is 0 Å². The molecule has 0 bridgehead atoms. The fourth-order valence-corrected chi connectivity index (χ4v) is 2.67. The summed E-state index contributed by atoms with van der Waals surface area (Å²) in [4.78, 5) is 12.2. The Bertz CT molecular complexity index is 592. The van der Waals surface area contributed by atoms with Crippen LogP contribution < -0.4 is 11.1 Å². The SMILES string of the molecule is NC1CCCCC1NC(=O)c1ccc2cn[nH]c2c1. The highest BCUT2D eigenvalue weighted by molar-refractivity contribution is 5.97. The van der Waals surface area contributed by atoms with Crippen molar-refractivity contribution in [3.05, 3.63) is 30.0 Å². The standard InChI is InChI=1S/C14H18N4O/c15-11-3-1-2-4-12(11)17-14(19)9-5-6-10-8-16-18-13(10)7-9/h5-8,11-12H,1-4,15H2,(H,16,18)(H,17,19). The molecule has 1 aliphatic carbocycles. The van der Waals surface area contributed by atoms with Crippen LogP contribution in [0.15, 0.2) is 24.4 Å². The van der Waals surface area contributed by atoms with Crippen molar-refractivity contribution in [3.8, 4) is 0 Å². The van der Waals surface area contributed by atoms with E-state index in [1.165, 1.54) is 0 Å². The summed E-state index contributed by atoms with van der Waals surface area (Å²) in [7, 11) is 0. The smallest absolute Gasteiger partial charge is 0.251 e. The summed E-state index contributed by atoms with van der Waals surface area (Å²) in [5, 5.41) is 10.9. The van der Waals surface area contributed by atoms with Crippen LogP contribution >= 0.6 is 0 Å². The number of carbonyl (C=O) groups excluding carboxylic acids is 1. The number of hydrogen-bond acceptors (Lipinski definition) is 3. The van der Waals surface area contributed by atoms with Crippen molar-refractivity contribution >= 4 is 16.8 Å². The zero-order valence-electron chi connectivity index (χ0n) is 10.7. The molecule has 0 radical (unpaired) electrons. The number of hydrogen-bond donors (Lipinski definition) is 3. The van der Waals surface area contributed by atoms with Gasteiger partial charge in [0.15, 0.2) is 0 Å². The van der Waals surface area contributed by atoms with E-state index in [-0.39, 0.29) is 18.0 Å². The Balaban J connectivity index is 1.75. The highest BCUT2D eigenvalue weighted by Gasteiger charge is 2.23. The van der Waals surface area contributed by atoms with Crippen molar-refractivity contribution in [3.63, 3.8) is 0 Å². The average Bonchev–Trinajstić information content (AvgIpc) is 2.88. The maximum absolute atomic E-state index is 12.2. The Morgan fingerprint density at radius 1 is 1.37 bits per heavy atom. The summed E-state index contributed by atoms with van der Waals surface area (Å²) in [6, 6.07) is 5.72. The highest BCUT2D eigenvalue weighted by atomic mass is 16.1. The fourth-order valence-electron chi connectivity index (χ4n) is 2.67. The molecule has 0 spiro atoms. The maximum atomic E-state index is 12.2. The van der Waals surface area contributed by atoms with Gasteiger partial charge in [0.25, 0.3) is 5.91 Å². The third-order valence-electron chi connectivity index (χ3n) is 3.84. The number of benzene rings is 1. The number of aromatic amines is 1. The summed E-state index contributed by atoms with van der Waals surface area (Å²) in [5.41, 5.74) is 7.57. The molecule has 1 amide bonds. The lowest BCUT2D eigenvalue weighted by Gasteiger charge is -2.29. The number of carbonyl (C=O) groups is 1. The Morgan fingerprint density at radius 3 is 3.05 bits per heavy atom. The quantitative estimate of drug-likeness (QED) is 0.764. The van der Waals surface area contributed by atoms with Crippen LogP contribution in [0.5, 0.6) is 0 Å². The van der Waals surface area contributed by atoms with Gasteiger partial charge in [-0.1, -0.05) is 18.9 Å². The second-order valence-corrected chi connectivity index (χ2v) is 5.20. The molecule has 1 saturated carbocycles. The molecule has 0 saturated heterocycles. The van der Waals surface area contributed by atoms with Crippen molar-refractivity contribution in [1.82, 2.24) is 15.5 Å². The lowest BCUT2D eigenvalue weighted by molar-refractivity contribution is 0.0921. The average molecular weight is 258 g/mol. The number of aromatic nitrogens is 2. The van der Waals surface area contributed by atoms with E-state index in [0.29, 0.717) is 5.56 Å². The molecule has 100 valence electrons. The van der Waals surface area contributed by atoms with Crippen molar-refractivity contribution in [2.75, 3.05) is 0 Å². The molecule has 2 aromatic rings. The fraction of sp³-hybridized carbons (Fsp3) is 0.429. The van der Waals surface area contributed by atoms with E-state index in [1.807, 2.05) is 18.2 Å². The van der Waals surface area contributed by atoms with Crippen LogP contribution in [0.25, 0.3) is 10.9 Å². The minimum absolute atomic E-state index is 0.0566. The van der Waals surface area contributed by atoms with E-state index in [1.54, 1.807) is 6.20 Å². The molecule has 3 rings (SSSR count). The van der Waals surface area contributed by atoms with Crippen LogP contribution in [-0.4, -0.2) is 28.2 Å². The third-order valence-corrected chi connectivity index (χ3v) is 3.84. The number of fused-ring (bicyclic) bond motifs is 1. The van der Waals surface area contributed by atoms with Crippen LogP contribution in [0.1, 0.15) is 36.0 Å². The lowest BCUT2D eigenvalue weighted by atomic mass is 9.91. The zero-order chi connectivity index (χ0) is 13.2. The number of amides is 1. The van der Waals surface area contributed by atoms with Gasteiger partial charge in [-0.05, 0) is 25.0 Å². The Morgan fingerprint density at radius 2 is 2.21 bits per heavy atom. The van der Waals surface area contributed by atoms with Gasteiger partial charge in [-0.25, -0.2) is 0 Å². The zero-order valence-corrected chi connectivity index (χ0v) is 10.7. The van der Waals surface area contributed by atoms with E-state index in [4.69, 9.17) is 5.73 Å². The Hall–Kier alpha value is -1.88. The molecule has 19 heavy (non-hydrogen) atoms. The predicted molar refractivity (Wildman–Crippen MR) is 73.8 cm³/mol. The number of nitrogens with zero attached hydrogens (tertiary/aromatic N) is 1. The summed E-state index contributed by atoms with van der Waals surface area (Å²) in [6.45, 7) is 0. The topological polar surface area (TPSA) is 83.8 Å². The van der Waals surface area contributed by atoms with Crippen LogP contribution in [0, 0.1) is 0 Å². The van der Waals surface area contributed by atoms with Gasteiger partial charge in [0.05, 0.1) is 11.7 Å². The molecule has 2 unspecified atom stereocenters. The van der Waals surface area contributed by atoms with Gasteiger partial charge in [-0.2, -0.15) is 5.10 Å². The molecule has 4 N–H and O–H groups in total. The molecule has 1 heterocycles. The minimum Gasteiger partial charge on any atom is -0.348 e. The minimum atomic E-state index is -0.0566. The number of rotatable bonds is 2. The van der Waals surface area contributed by atoms with Gasteiger partial charge < -0.3 is 11.1 Å². The Kier molecular flexibility index (Phi) is 3.21. The van der Waals surface area contributed by atoms with Crippen LogP contribution in [-0.2, 0) is 0 Å². The molecular formula is C14H18N4O. The summed E-state index contributed by atoms with van der Waals surface area (Å²) in [5.74, 6) is -0.0566. The summed E-state index contributed by atoms with van der Waals surface area (Å²) in [6.07, 6.45) is 6.00. The summed E-state index contributed by atoms with van der Waals surface area (Å²) >= 11 is 0. The molecule has 2 atom stereocenters. The van der Waals surface area contributed by atoms with Crippen molar-refractivity contribution in [2.45, 2.75) is 37.8 Å². The van der Waals surface area contributed by atoms with Crippen molar-refractivity contribution in [1.29, 1.82) is 0 Å². The highest BCUT2D eigenvalue weighted by Crippen LogP contribution is 2.18. The number of nitrogens with two attached hydrogens (primary N) is 1. The molecule has 5 heteroatoms. The normalized spacial score (nSPS) is 23.4. The van der Waals surface area contributed by atoms with E-state index < -0.39 is 0 Å². The Labute approximate surface area is 111 Å². The monoisotopic (exact) mass is 258 g/mol. The first-order chi connectivity index (χ1) is 9.24. The predicted octanol–water partition coefficient (Wildman–Crippen LogP) is 1.56. The maximum Gasteiger partial charge on any atom is 0.251 e. The molecule has 1 aromatic heterocycles. The second kappa shape index (κ2) is 5.01. The van der Waals surface area contributed by atoms with E-state index >= 15 is 0 Å². The molecule has 1 aromatic carbocycles. The number of H-pyrrole nitrogens is 1. The first-order valence-corrected chi connectivity index (χ1v) is 6.73. The summed E-state index contributed by atoms with van der Waals surface area (Å²) < 4.78 is 0. The van der Waals surface area contributed by atoms with Gasteiger partial charge in [0.2, 0.25) is 0 Å². The van der Waals surface area contributed by atoms with Crippen LogP contribution in [0.4, 0.5) is 0 Å².